The molecule has 7 heteroatoms. The van der Waals surface area contributed by atoms with E-state index in [1.54, 1.807) is 28.9 Å². The Labute approximate surface area is 144 Å². The molecule has 0 unspecified atom stereocenters. The summed E-state index contributed by atoms with van der Waals surface area (Å²) in [6.45, 7) is 4.78. The van der Waals surface area contributed by atoms with Crippen molar-refractivity contribution in [3.8, 4) is 11.5 Å². The van der Waals surface area contributed by atoms with Crippen molar-refractivity contribution in [2.75, 3.05) is 18.5 Å². The number of hydrogen-bond acceptors (Lipinski definition) is 5. The number of amides is 1. The fraction of sp³-hybridized carbons (Fsp3) is 0.278. The number of ether oxygens (including phenoxy) is 2. The molecule has 0 fully saturated rings. The molecule has 128 valence electrons. The number of aryl methyl sites for hydroxylation is 3. The van der Waals surface area contributed by atoms with Gasteiger partial charge in [-0.2, -0.15) is 5.10 Å². The molecule has 0 aliphatic carbocycles. The molecule has 3 heterocycles. The Morgan fingerprint density at radius 3 is 2.72 bits per heavy atom. The molecule has 1 aromatic carbocycles. The number of aromatic nitrogens is 3. The number of nitrogens with one attached hydrogen (secondary N) is 1. The highest BCUT2D eigenvalue weighted by atomic mass is 16.6. The summed E-state index contributed by atoms with van der Waals surface area (Å²) in [5.41, 5.74) is 3.45. The third kappa shape index (κ3) is 2.67. The predicted molar refractivity (Wildman–Crippen MR) is 93.4 cm³/mol. The maximum absolute atomic E-state index is 12.9. The van der Waals surface area contributed by atoms with Gasteiger partial charge in [-0.1, -0.05) is 0 Å². The first-order valence-corrected chi connectivity index (χ1v) is 8.05. The van der Waals surface area contributed by atoms with Gasteiger partial charge in [0, 0.05) is 24.5 Å². The van der Waals surface area contributed by atoms with Gasteiger partial charge in [-0.05, 0) is 32.0 Å². The van der Waals surface area contributed by atoms with Gasteiger partial charge < -0.3 is 14.8 Å². The van der Waals surface area contributed by atoms with E-state index in [0.717, 1.165) is 16.8 Å². The lowest BCUT2D eigenvalue weighted by Gasteiger charge is -2.19. The molecule has 0 atom stereocenters. The number of rotatable bonds is 2. The summed E-state index contributed by atoms with van der Waals surface area (Å²) in [5.74, 6) is 1.12. The van der Waals surface area contributed by atoms with Crippen molar-refractivity contribution in [1.29, 1.82) is 0 Å². The Morgan fingerprint density at radius 1 is 1.16 bits per heavy atom. The molecule has 1 aliphatic rings. The number of pyridine rings is 1. The van der Waals surface area contributed by atoms with Crippen LogP contribution in [0.4, 0.5) is 5.69 Å². The van der Waals surface area contributed by atoms with Gasteiger partial charge in [0.05, 0.1) is 16.6 Å². The van der Waals surface area contributed by atoms with Crippen LogP contribution >= 0.6 is 0 Å². The summed E-state index contributed by atoms with van der Waals surface area (Å²) in [5, 5.41) is 8.07. The summed E-state index contributed by atoms with van der Waals surface area (Å²) in [6.07, 6.45) is 0. The Morgan fingerprint density at radius 2 is 1.92 bits per heavy atom. The molecular formula is C18H18N4O3. The summed E-state index contributed by atoms with van der Waals surface area (Å²) in [6, 6.07) is 7.15. The molecule has 4 rings (SSSR count). The molecule has 0 spiro atoms. The standard InChI is InChI=1S/C18H18N4O3/c1-10-8-13(16-11(2)21-22(3)17(16)19-10)18(23)20-12-4-5-14-15(9-12)25-7-6-24-14/h4-5,8-9H,6-7H2,1-3H3,(H,20,23). The Bertz CT molecular complexity index is 994. The SMILES string of the molecule is Cc1cc(C(=O)Nc2ccc3c(c2)OCCO3)c2c(C)nn(C)c2n1. The van der Waals surface area contributed by atoms with E-state index in [1.165, 1.54) is 0 Å². The number of anilines is 1. The minimum Gasteiger partial charge on any atom is -0.486 e. The van der Waals surface area contributed by atoms with E-state index in [-0.39, 0.29) is 5.91 Å². The van der Waals surface area contributed by atoms with Gasteiger partial charge >= 0.3 is 0 Å². The van der Waals surface area contributed by atoms with E-state index in [0.29, 0.717) is 41.6 Å². The van der Waals surface area contributed by atoms with Gasteiger partial charge in [0.1, 0.15) is 13.2 Å². The van der Waals surface area contributed by atoms with Crippen molar-refractivity contribution < 1.29 is 14.3 Å². The van der Waals surface area contributed by atoms with E-state index in [9.17, 15) is 4.79 Å². The molecule has 0 saturated carbocycles. The van der Waals surface area contributed by atoms with Gasteiger partial charge in [0.25, 0.3) is 5.91 Å². The van der Waals surface area contributed by atoms with Crippen LogP contribution in [0.2, 0.25) is 0 Å². The van der Waals surface area contributed by atoms with Crippen LogP contribution in [0.25, 0.3) is 11.0 Å². The lowest BCUT2D eigenvalue weighted by atomic mass is 10.1. The first kappa shape index (κ1) is 15.4. The number of fused-ring (bicyclic) bond motifs is 2. The summed E-state index contributed by atoms with van der Waals surface area (Å²) < 4.78 is 12.8. The van der Waals surface area contributed by atoms with E-state index in [4.69, 9.17) is 9.47 Å². The third-order valence-corrected chi connectivity index (χ3v) is 4.14. The van der Waals surface area contributed by atoms with Gasteiger partial charge in [-0.3, -0.25) is 9.48 Å². The molecule has 0 bridgehead atoms. The van der Waals surface area contributed by atoms with Crippen molar-refractivity contribution in [3.05, 3.63) is 41.2 Å². The number of benzene rings is 1. The van der Waals surface area contributed by atoms with E-state index < -0.39 is 0 Å². The van der Waals surface area contributed by atoms with Crippen LogP contribution in [0.5, 0.6) is 11.5 Å². The minimum absolute atomic E-state index is 0.205. The second-order valence-electron chi connectivity index (χ2n) is 6.03. The van der Waals surface area contributed by atoms with Crippen molar-refractivity contribution in [3.63, 3.8) is 0 Å². The molecule has 3 aromatic rings. The quantitative estimate of drug-likeness (QED) is 0.777. The van der Waals surface area contributed by atoms with Crippen LogP contribution in [0.1, 0.15) is 21.7 Å². The molecule has 1 N–H and O–H groups in total. The number of carbonyl (C=O) groups is 1. The van der Waals surface area contributed by atoms with E-state index in [2.05, 4.69) is 15.4 Å². The van der Waals surface area contributed by atoms with Gasteiger partial charge in [0.15, 0.2) is 17.1 Å². The maximum atomic E-state index is 12.9. The molecule has 1 aliphatic heterocycles. The minimum atomic E-state index is -0.205. The third-order valence-electron chi connectivity index (χ3n) is 4.14. The number of carbonyl (C=O) groups excluding carboxylic acids is 1. The largest absolute Gasteiger partial charge is 0.486 e. The van der Waals surface area contributed by atoms with E-state index in [1.807, 2.05) is 20.9 Å². The van der Waals surface area contributed by atoms with Gasteiger partial charge in [-0.15, -0.1) is 0 Å². The molecule has 25 heavy (non-hydrogen) atoms. The van der Waals surface area contributed by atoms with Crippen LogP contribution in [-0.4, -0.2) is 33.9 Å². The van der Waals surface area contributed by atoms with Crippen LogP contribution in [0.15, 0.2) is 24.3 Å². The average molecular weight is 338 g/mol. The highest BCUT2D eigenvalue weighted by Crippen LogP contribution is 2.33. The monoisotopic (exact) mass is 338 g/mol. The molecular weight excluding hydrogens is 320 g/mol. The van der Waals surface area contributed by atoms with E-state index >= 15 is 0 Å². The molecule has 7 nitrogen and oxygen atoms in total. The Hall–Kier alpha value is -3.09. The van der Waals surface area contributed by atoms with Crippen LogP contribution in [0, 0.1) is 13.8 Å². The maximum Gasteiger partial charge on any atom is 0.256 e. The fourth-order valence-corrected chi connectivity index (χ4v) is 3.07. The Kier molecular flexibility index (Phi) is 3.56. The van der Waals surface area contributed by atoms with Crippen molar-refractivity contribution in [2.45, 2.75) is 13.8 Å². The topological polar surface area (TPSA) is 78.3 Å². The van der Waals surface area contributed by atoms with Crippen LogP contribution < -0.4 is 14.8 Å². The lowest BCUT2D eigenvalue weighted by molar-refractivity contribution is 0.102. The second kappa shape index (κ2) is 5.77. The second-order valence-corrected chi connectivity index (χ2v) is 6.03. The highest BCUT2D eigenvalue weighted by Gasteiger charge is 2.19. The fourth-order valence-electron chi connectivity index (χ4n) is 3.07. The van der Waals surface area contributed by atoms with Crippen LogP contribution in [0.3, 0.4) is 0 Å². The number of hydrogen-bond donors (Lipinski definition) is 1. The molecule has 0 radical (unpaired) electrons. The summed E-state index contributed by atoms with van der Waals surface area (Å²) in [7, 11) is 1.82. The lowest BCUT2D eigenvalue weighted by Crippen LogP contribution is -2.17. The highest BCUT2D eigenvalue weighted by molar-refractivity contribution is 6.12. The number of nitrogens with zero attached hydrogens (tertiary/aromatic N) is 3. The predicted octanol–water partition coefficient (Wildman–Crippen LogP) is 2.61. The van der Waals surface area contributed by atoms with Gasteiger partial charge in [-0.25, -0.2) is 4.98 Å². The molecule has 2 aromatic heterocycles. The van der Waals surface area contributed by atoms with Crippen LogP contribution in [-0.2, 0) is 7.05 Å². The average Bonchev–Trinajstić information content (AvgIpc) is 2.88. The smallest absolute Gasteiger partial charge is 0.256 e. The van der Waals surface area contributed by atoms with Crippen molar-refractivity contribution >= 4 is 22.6 Å². The zero-order valence-electron chi connectivity index (χ0n) is 14.3. The van der Waals surface area contributed by atoms with Gasteiger partial charge in [0.2, 0.25) is 0 Å². The first-order valence-electron chi connectivity index (χ1n) is 8.05. The zero-order valence-corrected chi connectivity index (χ0v) is 14.3. The summed E-state index contributed by atoms with van der Waals surface area (Å²) >= 11 is 0. The normalized spacial score (nSPS) is 13.1. The molecule has 0 saturated heterocycles. The Balaban J connectivity index is 1.71. The van der Waals surface area contributed by atoms with Crippen molar-refractivity contribution in [1.82, 2.24) is 14.8 Å². The first-order chi connectivity index (χ1) is 12.0. The zero-order chi connectivity index (χ0) is 17.6. The van der Waals surface area contributed by atoms with Crippen molar-refractivity contribution in [2.24, 2.45) is 7.05 Å². The molecule has 1 amide bonds. The summed E-state index contributed by atoms with van der Waals surface area (Å²) in [4.78, 5) is 17.3.